The lowest BCUT2D eigenvalue weighted by Gasteiger charge is -2.30. The fourth-order valence-electron chi connectivity index (χ4n) is 1.81. The van der Waals surface area contributed by atoms with Gasteiger partial charge in [0, 0.05) is 0 Å². The molecule has 7 heteroatoms. The third-order valence-corrected chi connectivity index (χ3v) is 4.44. The van der Waals surface area contributed by atoms with Crippen molar-refractivity contribution in [1.29, 1.82) is 0 Å². The summed E-state index contributed by atoms with van der Waals surface area (Å²) in [5.41, 5.74) is -0.758. The first-order valence-corrected chi connectivity index (χ1v) is 9.15. The lowest BCUT2D eigenvalue weighted by atomic mass is 10.1. The van der Waals surface area contributed by atoms with Crippen LogP contribution in [-0.2, 0) is 29.6 Å². The number of hydrogen-bond acceptors (Lipinski definition) is 6. The van der Waals surface area contributed by atoms with E-state index >= 15 is 0 Å². The van der Waals surface area contributed by atoms with Gasteiger partial charge < -0.3 is 9.26 Å². The average Bonchev–Trinajstić information content (AvgIpc) is 2.33. The minimum atomic E-state index is -3.86. The van der Waals surface area contributed by atoms with Crippen molar-refractivity contribution in [3.8, 4) is 5.75 Å². The van der Waals surface area contributed by atoms with Gasteiger partial charge in [-0.2, -0.15) is 0 Å². The van der Waals surface area contributed by atoms with Gasteiger partial charge in [0.2, 0.25) is 0 Å². The molecule has 0 atom stereocenters. The Bertz CT molecular complexity index is 592. The Morgan fingerprint density at radius 2 is 1.58 bits per heavy atom. The molecule has 0 saturated carbocycles. The van der Waals surface area contributed by atoms with Crippen LogP contribution in [0.3, 0.4) is 0 Å². The van der Waals surface area contributed by atoms with Gasteiger partial charge in [-0.25, -0.2) is 4.57 Å². The van der Waals surface area contributed by atoms with Gasteiger partial charge in [-0.3, -0.25) is 13.8 Å². The Labute approximate surface area is 144 Å². The van der Waals surface area contributed by atoms with Crippen molar-refractivity contribution in [3.05, 3.63) is 29.8 Å². The predicted molar refractivity (Wildman–Crippen MR) is 92.1 cm³/mol. The van der Waals surface area contributed by atoms with Gasteiger partial charge in [0.15, 0.2) is 0 Å². The molecule has 0 aliphatic heterocycles. The van der Waals surface area contributed by atoms with Crippen LogP contribution in [0, 0.1) is 0 Å². The zero-order valence-corrected chi connectivity index (χ0v) is 16.3. The van der Waals surface area contributed by atoms with E-state index in [1.807, 2.05) is 0 Å². The SMILES string of the molecule is COC(=O)Cc1cccc(OP(=O)(OC(C)(C)C)OC(C)(C)C)c1. The Hall–Kier alpha value is -1.36. The second-order valence-corrected chi connectivity index (χ2v) is 8.79. The molecule has 1 aromatic rings. The van der Waals surface area contributed by atoms with Crippen LogP contribution >= 0.6 is 7.82 Å². The quantitative estimate of drug-likeness (QED) is 0.550. The summed E-state index contributed by atoms with van der Waals surface area (Å²) in [6.45, 7) is 10.6. The van der Waals surface area contributed by atoms with E-state index in [9.17, 15) is 9.36 Å². The van der Waals surface area contributed by atoms with Crippen LogP contribution in [0.5, 0.6) is 5.75 Å². The molecule has 0 radical (unpaired) electrons. The molecule has 24 heavy (non-hydrogen) atoms. The highest BCUT2D eigenvalue weighted by Crippen LogP contribution is 2.55. The van der Waals surface area contributed by atoms with Gasteiger partial charge in [-0.1, -0.05) is 12.1 Å². The molecule has 0 heterocycles. The maximum atomic E-state index is 13.0. The number of carbonyl (C=O) groups is 1. The maximum Gasteiger partial charge on any atom is 0.531 e. The average molecular weight is 358 g/mol. The molecule has 0 amide bonds. The number of rotatable bonds is 6. The van der Waals surface area contributed by atoms with Crippen molar-refractivity contribution in [3.63, 3.8) is 0 Å². The highest BCUT2D eigenvalue weighted by molar-refractivity contribution is 7.49. The van der Waals surface area contributed by atoms with Crippen molar-refractivity contribution in [2.24, 2.45) is 0 Å². The molecule has 0 aliphatic rings. The van der Waals surface area contributed by atoms with E-state index in [2.05, 4.69) is 4.74 Å². The number of hydrogen-bond donors (Lipinski definition) is 0. The minimum absolute atomic E-state index is 0.0955. The number of benzene rings is 1. The van der Waals surface area contributed by atoms with Crippen LogP contribution in [-0.4, -0.2) is 24.3 Å². The van der Waals surface area contributed by atoms with Gasteiger partial charge in [-0.15, -0.1) is 0 Å². The minimum Gasteiger partial charge on any atom is -0.469 e. The monoisotopic (exact) mass is 358 g/mol. The zero-order chi connectivity index (χ0) is 18.6. The summed E-state index contributed by atoms with van der Waals surface area (Å²) in [7, 11) is -2.54. The van der Waals surface area contributed by atoms with Crippen molar-refractivity contribution in [2.45, 2.75) is 59.2 Å². The Morgan fingerprint density at radius 3 is 2.04 bits per heavy atom. The van der Waals surface area contributed by atoms with Crippen LogP contribution in [0.1, 0.15) is 47.1 Å². The molecule has 0 saturated heterocycles. The van der Waals surface area contributed by atoms with E-state index in [-0.39, 0.29) is 12.4 Å². The number of methoxy groups -OCH3 is 1. The molecule has 136 valence electrons. The van der Waals surface area contributed by atoms with Crippen LogP contribution < -0.4 is 4.52 Å². The summed E-state index contributed by atoms with van der Waals surface area (Å²) in [5, 5.41) is 0. The van der Waals surface area contributed by atoms with Gasteiger partial charge in [0.25, 0.3) is 0 Å². The lowest BCUT2D eigenvalue weighted by Crippen LogP contribution is -2.25. The van der Waals surface area contributed by atoms with E-state index in [1.54, 1.807) is 65.8 Å². The van der Waals surface area contributed by atoms with Crippen molar-refractivity contribution >= 4 is 13.8 Å². The van der Waals surface area contributed by atoms with Gasteiger partial charge in [-0.05, 0) is 59.2 Å². The molecule has 1 rings (SSSR count). The molecule has 1 aromatic carbocycles. The lowest BCUT2D eigenvalue weighted by molar-refractivity contribution is -0.139. The van der Waals surface area contributed by atoms with Crippen molar-refractivity contribution in [1.82, 2.24) is 0 Å². The highest BCUT2D eigenvalue weighted by Gasteiger charge is 2.38. The van der Waals surface area contributed by atoms with E-state index in [4.69, 9.17) is 13.6 Å². The molecule has 6 nitrogen and oxygen atoms in total. The highest BCUT2D eigenvalue weighted by atomic mass is 31.2. The van der Waals surface area contributed by atoms with Gasteiger partial charge in [0.05, 0.1) is 24.7 Å². The largest absolute Gasteiger partial charge is 0.531 e. The van der Waals surface area contributed by atoms with Crippen LogP contribution in [0.25, 0.3) is 0 Å². The molecular weight excluding hydrogens is 331 g/mol. The van der Waals surface area contributed by atoms with Crippen molar-refractivity contribution < 1.29 is 27.7 Å². The summed E-state index contributed by atoms with van der Waals surface area (Å²) < 4.78 is 34.4. The first kappa shape index (κ1) is 20.7. The van der Waals surface area contributed by atoms with Crippen LogP contribution in [0.15, 0.2) is 24.3 Å². The molecule has 0 aliphatic carbocycles. The molecule has 0 unspecified atom stereocenters. The zero-order valence-electron chi connectivity index (χ0n) is 15.4. The second kappa shape index (κ2) is 7.68. The third-order valence-electron chi connectivity index (χ3n) is 2.46. The molecule has 0 fully saturated rings. The van der Waals surface area contributed by atoms with Crippen LogP contribution in [0.4, 0.5) is 0 Å². The summed E-state index contributed by atoms with van der Waals surface area (Å²) >= 11 is 0. The molecule has 0 N–H and O–H groups in total. The van der Waals surface area contributed by atoms with Gasteiger partial charge in [0.1, 0.15) is 5.75 Å². The van der Waals surface area contributed by atoms with Crippen LogP contribution in [0.2, 0.25) is 0 Å². The number of phosphoric acid groups is 1. The number of phosphoric ester groups is 1. The summed E-state index contributed by atoms with van der Waals surface area (Å²) in [6, 6.07) is 6.70. The standard InChI is InChI=1S/C17H27O6P/c1-16(2,3)22-24(19,23-17(4,5)6)21-14-10-8-9-13(11-14)12-15(18)20-7/h8-11H,12H2,1-7H3. The van der Waals surface area contributed by atoms with E-state index in [1.165, 1.54) is 7.11 Å². The number of ether oxygens (including phenoxy) is 1. The summed E-state index contributed by atoms with van der Waals surface area (Å²) in [6.07, 6.45) is 0.0955. The number of carbonyl (C=O) groups excluding carboxylic acids is 1. The fraction of sp³-hybridized carbons (Fsp3) is 0.588. The number of esters is 1. The van der Waals surface area contributed by atoms with E-state index < -0.39 is 19.0 Å². The topological polar surface area (TPSA) is 71.1 Å². The Balaban J connectivity index is 3.04. The van der Waals surface area contributed by atoms with Crippen molar-refractivity contribution in [2.75, 3.05) is 7.11 Å². The first-order chi connectivity index (χ1) is 10.8. The maximum absolute atomic E-state index is 13.0. The molecule has 0 aromatic heterocycles. The third kappa shape index (κ3) is 7.95. The first-order valence-electron chi connectivity index (χ1n) is 7.69. The normalized spacial score (nSPS) is 12.8. The molecule has 0 bridgehead atoms. The van der Waals surface area contributed by atoms with E-state index in [0.717, 1.165) is 0 Å². The fourth-order valence-corrected chi connectivity index (χ4v) is 3.63. The Kier molecular flexibility index (Phi) is 6.62. The predicted octanol–water partition coefficient (Wildman–Crippen LogP) is 4.52. The molecule has 0 spiro atoms. The Morgan fingerprint density at radius 1 is 1.04 bits per heavy atom. The summed E-state index contributed by atoms with van der Waals surface area (Å²) in [4.78, 5) is 11.4. The molecular formula is C17H27O6P. The van der Waals surface area contributed by atoms with E-state index in [0.29, 0.717) is 11.3 Å². The van der Waals surface area contributed by atoms with Gasteiger partial charge >= 0.3 is 13.8 Å². The summed E-state index contributed by atoms with van der Waals surface area (Å²) in [5.74, 6) is -0.0690. The smallest absolute Gasteiger partial charge is 0.469 e. The second-order valence-electron chi connectivity index (χ2n) is 7.35.